The Morgan fingerprint density at radius 1 is 1.43 bits per heavy atom. The first kappa shape index (κ1) is 11.2. The van der Waals surface area contributed by atoms with Gasteiger partial charge in [-0.15, -0.1) is 0 Å². The summed E-state index contributed by atoms with van der Waals surface area (Å²) in [5.41, 5.74) is 7.03. The molecular weight excluding hydrogens is 174 g/mol. The molecule has 0 radical (unpaired) electrons. The second kappa shape index (κ2) is 5.15. The van der Waals surface area contributed by atoms with Gasteiger partial charge >= 0.3 is 0 Å². The monoisotopic (exact) mass is 195 g/mol. The molecule has 1 heterocycles. The highest BCUT2D eigenvalue weighted by molar-refractivity contribution is 5.01. The van der Waals surface area contributed by atoms with Crippen molar-refractivity contribution in [2.24, 2.45) is 11.7 Å². The van der Waals surface area contributed by atoms with Gasteiger partial charge in [0.05, 0.1) is 0 Å². The molecular formula is C11H21N3. The second-order valence-electron chi connectivity index (χ2n) is 4.41. The van der Waals surface area contributed by atoms with Crippen molar-refractivity contribution in [3.63, 3.8) is 0 Å². The lowest BCUT2D eigenvalue weighted by molar-refractivity contribution is 0.463. The normalized spacial score (nSPS) is 13.5. The minimum Gasteiger partial charge on any atom is -0.328 e. The molecule has 80 valence electrons. The lowest BCUT2D eigenvalue weighted by Gasteiger charge is -2.10. The van der Waals surface area contributed by atoms with Gasteiger partial charge in [-0.05, 0) is 31.7 Å². The summed E-state index contributed by atoms with van der Waals surface area (Å²) in [6.45, 7) is 7.46. The van der Waals surface area contributed by atoms with E-state index in [1.807, 2.05) is 13.1 Å². The van der Waals surface area contributed by atoms with Gasteiger partial charge in [-0.1, -0.05) is 13.8 Å². The molecule has 0 fully saturated rings. The van der Waals surface area contributed by atoms with Gasteiger partial charge in [-0.3, -0.25) is 4.68 Å². The number of hydrogen-bond donors (Lipinski definition) is 1. The van der Waals surface area contributed by atoms with Gasteiger partial charge in [0.25, 0.3) is 0 Å². The molecule has 1 atom stereocenters. The first-order chi connectivity index (χ1) is 6.59. The summed E-state index contributed by atoms with van der Waals surface area (Å²) in [5, 5.41) is 4.31. The number of aryl methyl sites for hydroxylation is 1. The Morgan fingerprint density at radius 3 is 2.71 bits per heavy atom. The molecule has 0 spiro atoms. The minimum absolute atomic E-state index is 0.275. The lowest BCUT2D eigenvalue weighted by Crippen LogP contribution is -2.17. The van der Waals surface area contributed by atoms with Crippen LogP contribution in [-0.4, -0.2) is 15.8 Å². The summed E-state index contributed by atoms with van der Waals surface area (Å²) >= 11 is 0. The van der Waals surface area contributed by atoms with Crippen LogP contribution in [0.25, 0.3) is 0 Å². The number of nitrogens with zero attached hydrogens (tertiary/aromatic N) is 2. The van der Waals surface area contributed by atoms with E-state index in [0.29, 0.717) is 5.92 Å². The van der Waals surface area contributed by atoms with Crippen molar-refractivity contribution in [1.82, 2.24) is 9.78 Å². The quantitative estimate of drug-likeness (QED) is 0.779. The molecule has 3 heteroatoms. The summed E-state index contributed by atoms with van der Waals surface area (Å²) < 4.78 is 2.09. The Labute approximate surface area is 86.3 Å². The average Bonchev–Trinajstić information content (AvgIpc) is 2.47. The van der Waals surface area contributed by atoms with Crippen LogP contribution in [0.15, 0.2) is 12.3 Å². The van der Waals surface area contributed by atoms with E-state index in [0.717, 1.165) is 19.4 Å². The van der Waals surface area contributed by atoms with Crippen molar-refractivity contribution in [3.05, 3.63) is 18.0 Å². The van der Waals surface area contributed by atoms with E-state index in [9.17, 15) is 0 Å². The van der Waals surface area contributed by atoms with Gasteiger partial charge in [0.15, 0.2) is 0 Å². The highest BCUT2D eigenvalue weighted by Crippen LogP contribution is 2.07. The molecule has 3 nitrogen and oxygen atoms in total. The molecule has 1 unspecified atom stereocenters. The summed E-state index contributed by atoms with van der Waals surface area (Å²) in [5.74, 6) is 0.643. The van der Waals surface area contributed by atoms with E-state index in [1.54, 1.807) is 0 Å². The van der Waals surface area contributed by atoms with E-state index in [-0.39, 0.29) is 6.04 Å². The number of rotatable bonds is 5. The molecule has 0 bridgehead atoms. The van der Waals surface area contributed by atoms with Crippen molar-refractivity contribution in [1.29, 1.82) is 0 Å². The standard InChI is InChI=1S/C11H21N3/c1-9(2)8-14-11(6-7-13-14)5-4-10(3)12/h6-7,9-10H,4-5,8,12H2,1-3H3. The van der Waals surface area contributed by atoms with Gasteiger partial charge in [0.2, 0.25) is 0 Å². The number of hydrogen-bond acceptors (Lipinski definition) is 2. The van der Waals surface area contributed by atoms with Crippen LogP contribution >= 0.6 is 0 Å². The number of aromatic nitrogens is 2. The highest BCUT2D eigenvalue weighted by atomic mass is 15.3. The van der Waals surface area contributed by atoms with Crippen LogP contribution in [0, 0.1) is 5.92 Å². The Bertz CT molecular complexity index is 263. The summed E-state index contributed by atoms with van der Waals surface area (Å²) in [6, 6.07) is 2.36. The summed E-state index contributed by atoms with van der Waals surface area (Å²) in [7, 11) is 0. The SMILES string of the molecule is CC(C)Cn1nccc1CCC(C)N. The third kappa shape index (κ3) is 3.50. The minimum atomic E-state index is 0.275. The smallest absolute Gasteiger partial charge is 0.0492 e. The van der Waals surface area contributed by atoms with Crippen LogP contribution < -0.4 is 5.73 Å². The van der Waals surface area contributed by atoms with Crippen molar-refractivity contribution >= 4 is 0 Å². The van der Waals surface area contributed by atoms with Gasteiger partial charge in [0, 0.05) is 24.5 Å². The fourth-order valence-electron chi connectivity index (χ4n) is 1.46. The maximum atomic E-state index is 5.73. The summed E-state index contributed by atoms with van der Waals surface area (Å²) in [6.07, 6.45) is 3.94. The maximum Gasteiger partial charge on any atom is 0.0492 e. The Hall–Kier alpha value is -0.830. The zero-order valence-corrected chi connectivity index (χ0v) is 9.40. The Kier molecular flexibility index (Phi) is 4.14. The Morgan fingerprint density at radius 2 is 2.14 bits per heavy atom. The zero-order valence-electron chi connectivity index (χ0n) is 9.40. The van der Waals surface area contributed by atoms with E-state index in [2.05, 4.69) is 29.7 Å². The van der Waals surface area contributed by atoms with Crippen molar-refractivity contribution in [2.45, 2.75) is 46.2 Å². The maximum absolute atomic E-state index is 5.73. The van der Waals surface area contributed by atoms with Crippen molar-refractivity contribution in [2.75, 3.05) is 0 Å². The van der Waals surface area contributed by atoms with Crippen LogP contribution in [0.2, 0.25) is 0 Å². The fraction of sp³-hybridized carbons (Fsp3) is 0.727. The van der Waals surface area contributed by atoms with Crippen LogP contribution in [-0.2, 0) is 13.0 Å². The predicted molar refractivity (Wildman–Crippen MR) is 59.0 cm³/mol. The van der Waals surface area contributed by atoms with Gasteiger partial charge < -0.3 is 5.73 Å². The molecule has 0 amide bonds. The van der Waals surface area contributed by atoms with E-state index >= 15 is 0 Å². The molecule has 0 aliphatic heterocycles. The van der Waals surface area contributed by atoms with E-state index in [1.165, 1.54) is 5.69 Å². The third-order valence-electron chi connectivity index (χ3n) is 2.20. The average molecular weight is 195 g/mol. The van der Waals surface area contributed by atoms with Gasteiger partial charge in [-0.25, -0.2) is 0 Å². The molecule has 0 aliphatic carbocycles. The third-order valence-corrected chi connectivity index (χ3v) is 2.20. The molecule has 0 saturated heterocycles. The summed E-state index contributed by atoms with van der Waals surface area (Å²) in [4.78, 5) is 0. The van der Waals surface area contributed by atoms with Crippen LogP contribution in [0.5, 0.6) is 0 Å². The molecule has 0 aromatic carbocycles. The topological polar surface area (TPSA) is 43.8 Å². The molecule has 14 heavy (non-hydrogen) atoms. The fourth-order valence-corrected chi connectivity index (χ4v) is 1.46. The molecule has 0 aliphatic rings. The molecule has 1 aromatic rings. The van der Waals surface area contributed by atoms with Crippen LogP contribution in [0.3, 0.4) is 0 Å². The van der Waals surface area contributed by atoms with Crippen molar-refractivity contribution < 1.29 is 0 Å². The van der Waals surface area contributed by atoms with E-state index < -0.39 is 0 Å². The van der Waals surface area contributed by atoms with Gasteiger partial charge in [-0.2, -0.15) is 5.10 Å². The van der Waals surface area contributed by atoms with Crippen molar-refractivity contribution in [3.8, 4) is 0 Å². The van der Waals surface area contributed by atoms with E-state index in [4.69, 9.17) is 5.73 Å². The molecule has 0 saturated carbocycles. The molecule has 2 N–H and O–H groups in total. The largest absolute Gasteiger partial charge is 0.328 e. The van der Waals surface area contributed by atoms with Crippen LogP contribution in [0.4, 0.5) is 0 Å². The molecule has 1 aromatic heterocycles. The highest BCUT2D eigenvalue weighted by Gasteiger charge is 2.05. The zero-order chi connectivity index (χ0) is 10.6. The van der Waals surface area contributed by atoms with Gasteiger partial charge in [0.1, 0.15) is 0 Å². The van der Waals surface area contributed by atoms with Crippen LogP contribution in [0.1, 0.15) is 32.9 Å². The number of nitrogens with two attached hydrogens (primary N) is 1. The Balaban J connectivity index is 2.53. The first-order valence-electron chi connectivity index (χ1n) is 5.36. The first-order valence-corrected chi connectivity index (χ1v) is 5.36. The lowest BCUT2D eigenvalue weighted by atomic mass is 10.1. The predicted octanol–water partition coefficient (Wildman–Crippen LogP) is 1.82. The second-order valence-corrected chi connectivity index (χ2v) is 4.41. The molecule has 1 rings (SSSR count).